The molecule has 0 aliphatic heterocycles. The summed E-state index contributed by atoms with van der Waals surface area (Å²) in [4.78, 5) is 4.81. The molecular weight excluding hydrogens is 232 g/mol. The van der Waals surface area contributed by atoms with Crippen molar-refractivity contribution in [1.82, 2.24) is 10.3 Å². The van der Waals surface area contributed by atoms with Crippen LogP contribution in [0.3, 0.4) is 0 Å². The van der Waals surface area contributed by atoms with Gasteiger partial charge in [0.15, 0.2) is 0 Å². The lowest BCUT2D eigenvalue weighted by atomic mass is 9.93. The van der Waals surface area contributed by atoms with Gasteiger partial charge in [0.2, 0.25) is 0 Å². The van der Waals surface area contributed by atoms with Crippen LogP contribution in [0.5, 0.6) is 0 Å². The van der Waals surface area contributed by atoms with Crippen molar-refractivity contribution < 1.29 is 0 Å². The Hall–Kier alpha value is -1.41. The fourth-order valence-electron chi connectivity index (χ4n) is 2.62. The lowest BCUT2D eigenvalue weighted by Crippen LogP contribution is -2.20. The molecule has 1 unspecified atom stereocenters. The van der Waals surface area contributed by atoms with Crippen molar-refractivity contribution in [3.05, 3.63) is 42.1 Å². The second-order valence-corrected chi connectivity index (χ2v) is 5.19. The van der Waals surface area contributed by atoms with Gasteiger partial charge in [-0.05, 0) is 31.5 Å². The van der Waals surface area contributed by atoms with Gasteiger partial charge in [0.25, 0.3) is 0 Å². The van der Waals surface area contributed by atoms with Crippen LogP contribution in [0.1, 0.15) is 44.8 Å². The summed E-state index contributed by atoms with van der Waals surface area (Å²) in [5, 5.41) is 4.63. The van der Waals surface area contributed by atoms with Crippen LogP contribution in [0.4, 0.5) is 0 Å². The smallest absolute Gasteiger partial charge is 0.0706 e. The quantitative estimate of drug-likeness (QED) is 0.832. The van der Waals surface area contributed by atoms with Crippen LogP contribution >= 0.6 is 0 Å². The molecule has 1 heterocycles. The lowest BCUT2D eigenvalue weighted by Gasteiger charge is -2.21. The molecule has 0 radical (unpaired) electrons. The number of fused-ring (bicyclic) bond motifs is 1. The zero-order valence-corrected chi connectivity index (χ0v) is 12.2. The summed E-state index contributed by atoms with van der Waals surface area (Å²) in [5.41, 5.74) is 2.25. The van der Waals surface area contributed by atoms with Crippen molar-refractivity contribution in [2.75, 3.05) is 7.05 Å². The summed E-state index contributed by atoms with van der Waals surface area (Å²) in [6.07, 6.45) is 3.64. The van der Waals surface area contributed by atoms with Crippen molar-refractivity contribution >= 4 is 10.9 Å². The van der Waals surface area contributed by atoms with Crippen LogP contribution in [0, 0.1) is 5.92 Å². The Balaban J connectivity index is 2.24. The fourth-order valence-corrected chi connectivity index (χ4v) is 2.62. The summed E-state index contributed by atoms with van der Waals surface area (Å²) in [7, 11) is 2.03. The van der Waals surface area contributed by atoms with E-state index in [1.165, 1.54) is 18.2 Å². The molecule has 0 amide bonds. The Morgan fingerprint density at radius 2 is 1.79 bits per heavy atom. The van der Waals surface area contributed by atoms with E-state index < -0.39 is 0 Å². The Bertz CT molecular complexity index is 517. The maximum Gasteiger partial charge on any atom is 0.0706 e. The highest BCUT2D eigenvalue weighted by atomic mass is 14.9. The van der Waals surface area contributed by atoms with Crippen LogP contribution < -0.4 is 5.32 Å². The van der Waals surface area contributed by atoms with E-state index in [1.807, 2.05) is 13.1 Å². The van der Waals surface area contributed by atoms with Gasteiger partial charge >= 0.3 is 0 Å². The molecule has 0 bridgehead atoms. The molecule has 0 saturated heterocycles. The third kappa shape index (κ3) is 3.32. The van der Waals surface area contributed by atoms with Crippen molar-refractivity contribution in [1.29, 1.82) is 0 Å². The van der Waals surface area contributed by atoms with Crippen molar-refractivity contribution in [2.24, 2.45) is 5.92 Å². The molecule has 1 aromatic heterocycles. The minimum atomic E-state index is 0.356. The van der Waals surface area contributed by atoms with E-state index in [4.69, 9.17) is 4.98 Å². The molecule has 2 nitrogen and oxygen atoms in total. The van der Waals surface area contributed by atoms with Crippen molar-refractivity contribution in [3.8, 4) is 0 Å². The van der Waals surface area contributed by atoms with Gasteiger partial charge in [-0.1, -0.05) is 51.0 Å². The molecule has 0 spiro atoms. The van der Waals surface area contributed by atoms with Crippen LogP contribution in [-0.4, -0.2) is 12.0 Å². The van der Waals surface area contributed by atoms with E-state index in [9.17, 15) is 0 Å². The van der Waals surface area contributed by atoms with Gasteiger partial charge in [0.05, 0.1) is 11.2 Å². The average Bonchev–Trinajstić information content (AvgIpc) is 2.48. The van der Waals surface area contributed by atoms with E-state index in [1.54, 1.807) is 0 Å². The van der Waals surface area contributed by atoms with E-state index in [2.05, 4.69) is 49.5 Å². The monoisotopic (exact) mass is 256 g/mol. The fraction of sp³-hybridized carbons (Fsp3) is 0.471. The molecule has 0 aliphatic rings. The summed E-state index contributed by atoms with van der Waals surface area (Å²) in [6, 6.07) is 13.0. The second-order valence-electron chi connectivity index (χ2n) is 5.19. The Labute approximate surface area is 116 Å². The molecule has 19 heavy (non-hydrogen) atoms. The molecule has 102 valence electrons. The van der Waals surface area contributed by atoms with E-state index in [0.717, 1.165) is 23.5 Å². The molecule has 2 aromatic rings. The largest absolute Gasteiger partial charge is 0.312 e. The number of nitrogens with zero attached hydrogens (tertiary/aromatic N) is 1. The first kappa shape index (κ1) is 14.0. The molecule has 1 atom stereocenters. The highest BCUT2D eigenvalue weighted by Crippen LogP contribution is 2.25. The molecule has 1 N–H and O–H groups in total. The van der Waals surface area contributed by atoms with Gasteiger partial charge in [0, 0.05) is 11.4 Å². The number of para-hydroxylation sites is 1. The van der Waals surface area contributed by atoms with Crippen LogP contribution in [-0.2, 0) is 0 Å². The molecule has 2 rings (SSSR count). The van der Waals surface area contributed by atoms with Gasteiger partial charge in [-0.25, -0.2) is 0 Å². The zero-order valence-electron chi connectivity index (χ0n) is 12.2. The van der Waals surface area contributed by atoms with E-state index in [0.29, 0.717) is 6.04 Å². The number of pyridine rings is 1. The summed E-state index contributed by atoms with van der Waals surface area (Å²) in [6.45, 7) is 4.55. The van der Waals surface area contributed by atoms with Crippen molar-refractivity contribution in [2.45, 2.75) is 39.2 Å². The molecule has 1 aromatic carbocycles. The molecule has 0 saturated carbocycles. The first-order valence-electron chi connectivity index (χ1n) is 7.31. The SMILES string of the molecule is CCC(CC)CC(NC)c1ccc2ccccc2n1. The van der Waals surface area contributed by atoms with Crippen molar-refractivity contribution in [3.63, 3.8) is 0 Å². The molecule has 0 fully saturated rings. The maximum atomic E-state index is 4.81. The van der Waals surface area contributed by atoms with Crippen LogP contribution in [0.15, 0.2) is 36.4 Å². The Morgan fingerprint density at radius 3 is 2.47 bits per heavy atom. The molecule has 0 aliphatic carbocycles. The van der Waals surface area contributed by atoms with Gasteiger partial charge in [-0.2, -0.15) is 0 Å². The third-order valence-corrected chi connectivity index (χ3v) is 4.05. The lowest BCUT2D eigenvalue weighted by molar-refractivity contribution is 0.381. The Morgan fingerprint density at radius 1 is 1.05 bits per heavy atom. The summed E-state index contributed by atoms with van der Waals surface area (Å²) in [5.74, 6) is 0.769. The minimum Gasteiger partial charge on any atom is -0.312 e. The average molecular weight is 256 g/mol. The number of hydrogen-bond acceptors (Lipinski definition) is 2. The number of hydrogen-bond donors (Lipinski definition) is 1. The number of aromatic nitrogens is 1. The number of benzene rings is 1. The highest BCUT2D eigenvalue weighted by molar-refractivity contribution is 5.78. The predicted molar refractivity (Wildman–Crippen MR) is 82.2 cm³/mol. The second kappa shape index (κ2) is 6.67. The number of nitrogens with one attached hydrogen (secondary N) is 1. The third-order valence-electron chi connectivity index (χ3n) is 4.05. The zero-order chi connectivity index (χ0) is 13.7. The summed E-state index contributed by atoms with van der Waals surface area (Å²) < 4.78 is 0. The van der Waals surface area contributed by atoms with Gasteiger partial charge < -0.3 is 5.32 Å². The van der Waals surface area contributed by atoms with E-state index in [-0.39, 0.29) is 0 Å². The molecule has 2 heteroatoms. The predicted octanol–water partition coefficient (Wildman–Crippen LogP) is 4.32. The van der Waals surface area contributed by atoms with Gasteiger partial charge in [-0.3, -0.25) is 4.98 Å². The maximum absolute atomic E-state index is 4.81. The standard InChI is InChI=1S/C17H24N2/c1-4-13(5-2)12-17(18-3)16-11-10-14-8-6-7-9-15(14)19-16/h6-11,13,17-18H,4-5,12H2,1-3H3. The van der Waals surface area contributed by atoms with E-state index >= 15 is 0 Å². The first-order chi connectivity index (χ1) is 9.28. The summed E-state index contributed by atoms with van der Waals surface area (Å²) >= 11 is 0. The first-order valence-corrected chi connectivity index (χ1v) is 7.31. The van der Waals surface area contributed by atoms with Gasteiger partial charge in [-0.15, -0.1) is 0 Å². The van der Waals surface area contributed by atoms with Crippen LogP contribution in [0.2, 0.25) is 0 Å². The Kier molecular flexibility index (Phi) is 4.92. The van der Waals surface area contributed by atoms with Crippen LogP contribution in [0.25, 0.3) is 10.9 Å². The molecular formula is C17H24N2. The normalized spacial score (nSPS) is 13.1. The topological polar surface area (TPSA) is 24.9 Å². The minimum absolute atomic E-state index is 0.356. The number of rotatable bonds is 6. The highest BCUT2D eigenvalue weighted by Gasteiger charge is 2.15. The van der Waals surface area contributed by atoms with Gasteiger partial charge in [0.1, 0.15) is 0 Å².